The maximum absolute atomic E-state index is 13.3. The molecule has 28 heavy (non-hydrogen) atoms. The van der Waals surface area contributed by atoms with Crippen molar-refractivity contribution in [2.24, 2.45) is 0 Å². The summed E-state index contributed by atoms with van der Waals surface area (Å²) in [6, 6.07) is 5.44. The van der Waals surface area contributed by atoms with Gasteiger partial charge in [0.25, 0.3) is 0 Å². The van der Waals surface area contributed by atoms with Gasteiger partial charge < -0.3 is 19.9 Å². The summed E-state index contributed by atoms with van der Waals surface area (Å²) in [5.74, 6) is 0.0376. The van der Waals surface area contributed by atoms with Gasteiger partial charge in [-0.3, -0.25) is 4.79 Å². The van der Waals surface area contributed by atoms with Gasteiger partial charge in [-0.05, 0) is 51.0 Å². The largest absolute Gasteiger partial charge is 0.379 e. The minimum absolute atomic E-state index is 0.0417. The lowest BCUT2D eigenvalue weighted by Gasteiger charge is -2.25. The molecule has 2 N–H and O–H groups in total. The molecule has 0 bridgehead atoms. The van der Waals surface area contributed by atoms with Crippen molar-refractivity contribution >= 4 is 17.3 Å². The molecule has 1 aromatic carbocycles. The van der Waals surface area contributed by atoms with E-state index in [-0.39, 0.29) is 23.4 Å². The van der Waals surface area contributed by atoms with Crippen molar-refractivity contribution in [3.63, 3.8) is 0 Å². The molecule has 2 fully saturated rings. The van der Waals surface area contributed by atoms with Crippen LogP contribution in [0.3, 0.4) is 0 Å². The SMILES string of the molecule is CC.COC(C)(C)C.O=CN1CC[C@H]2NCC(c3c[nH]c4cc(F)ccc34)[C@H]21. The molecule has 0 spiro atoms. The number of fused-ring (bicyclic) bond motifs is 2. The number of aromatic nitrogens is 1. The first kappa shape index (κ1) is 22.4. The van der Waals surface area contributed by atoms with Crippen LogP contribution >= 0.6 is 0 Å². The first-order chi connectivity index (χ1) is 13.3. The van der Waals surface area contributed by atoms with E-state index in [1.54, 1.807) is 7.11 Å². The van der Waals surface area contributed by atoms with Gasteiger partial charge in [-0.15, -0.1) is 0 Å². The minimum atomic E-state index is -0.233. The maximum Gasteiger partial charge on any atom is 0.210 e. The Morgan fingerprint density at radius 3 is 2.57 bits per heavy atom. The molecule has 6 heteroatoms. The zero-order valence-electron chi connectivity index (χ0n) is 17.9. The van der Waals surface area contributed by atoms with E-state index in [9.17, 15) is 9.18 Å². The van der Waals surface area contributed by atoms with Crippen molar-refractivity contribution in [1.82, 2.24) is 15.2 Å². The second-order valence-corrected chi connectivity index (χ2v) is 7.99. The second kappa shape index (κ2) is 9.52. The van der Waals surface area contributed by atoms with Gasteiger partial charge in [0.2, 0.25) is 6.41 Å². The Hall–Kier alpha value is -1.92. The van der Waals surface area contributed by atoms with Gasteiger partial charge in [0.15, 0.2) is 0 Å². The molecular formula is C22H34FN3O2. The average Bonchev–Trinajstić information content (AvgIpc) is 3.37. The van der Waals surface area contributed by atoms with Crippen molar-refractivity contribution in [3.05, 3.63) is 35.8 Å². The number of aromatic amines is 1. The number of H-pyrrole nitrogens is 1. The summed E-state index contributed by atoms with van der Waals surface area (Å²) in [5, 5.41) is 4.56. The van der Waals surface area contributed by atoms with Crippen LogP contribution in [0.4, 0.5) is 4.39 Å². The Kier molecular flexibility index (Phi) is 7.61. The molecule has 5 nitrogen and oxygen atoms in total. The standard InChI is InChI=1S/C15H16FN3O.C5H12O.C2H6/c16-9-1-2-10-11(6-18-14(10)5-9)12-7-17-13-3-4-19(8-20)15(12)13;1-5(2,3)6-4;1-2/h1-2,5-6,8,12-13,15,17-18H,3-4,7H2;1-4H3;1-2H3/t12?,13-,15-;;/m1../s1. The molecule has 1 unspecified atom stereocenters. The Labute approximate surface area is 167 Å². The Balaban J connectivity index is 0.000000304. The number of methoxy groups -OCH3 is 1. The summed E-state index contributed by atoms with van der Waals surface area (Å²) in [6.07, 6.45) is 3.93. The van der Waals surface area contributed by atoms with Crippen LogP contribution in [-0.4, -0.2) is 54.2 Å². The number of carbonyl (C=O) groups excluding carboxylic acids is 1. The number of rotatable bonds is 2. The van der Waals surface area contributed by atoms with Crippen LogP contribution in [0.15, 0.2) is 24.4 Å². The molecule has 2 aromatic rings. The van der Waals surface area contributed by atoms with Gasteiger partial charge in [-0.25, -0.2) is 4.39 Å². The number of hydrogen-bond acceptors (Lipinski definition) is 3. The third-order valence-electron chi connectivity index (χ3n) is 5.33. The van der Waals surface area contributed by atoms with Crippen LogP contribution in [-0.2, 0) is 9.53 Å². The lowest BCUT2D eigenvalue weighted by molar-refractivity contribution is -0.119. The molecule has 1 aromatic heterocycles. The molecule has 1 amide bonds. The van der Waals surface area contributed by atoms with Gasteiger partial charge in [0, 0.05) is 49.3 Å². The van der Waals surface area contributed by atoms with Crippen molar-refractivity contribution < 1.29 is 13.9 Å². The molecule has 2 aliphatic rings. The van der Waals surface area contributed by atoms with E-state index >= 15 is 0 Å². The predicted octanol–water partition coefficient (Wildman–Crippen LogP) is 4.05. The quantitative estimate of drug-likeness (QED) is 0.760. The fourth-order valence-electron chi connectivity index (χ4n) is 3.82. The number of benzene rings is 1. The smallest absolute Gasteiger partial charge is 0.210 e. The molecule has 2 saturated heterocycles. The highest BCUT2D eigenvalue weighted by atomic mass is 19.1. The van der Waals surface area contributed by atoms with Gasteiger partial charge in [-0.1, -0.05) is 13.8 Å². The van der Waals surface area contributed by atoms with Gasteiger partial charge >= 0.3 is 0 Å². The van der Waals surface area contributed by atoms with Crippen LogP contribution in [0.2, 0.25) is 0 Å². The van der Waals surface area contributed by atoms with Crippen molar-refractivity contribution in [2.75, 3.05) is 20.2 Å². The average molecular weight is 392 g/mol. The van der Waals surface area contributed by atoms with Crippen LogP contribution in [0.5, 0.6) is 0 Å². The molecule has 0 saturated carbocycles. The Morgan fingerprint density at radius 1 is 1.29 bits per heavy atom. The zero-order chi connectivity index (χ0) is 20.9. The lowest BCUT2D eigenvalue weighted by atomic mass is 9.91. The highest BCUT2D eigenvalue weighted by molar-refractivity contribution is 5.84. The number of carbonyl (C=O) groups is 1. The Morgan fingerprint density at radius 2 is 1.96 bits per heavy atom. The number of likely N-dealkylation sites (tertiary alicyclic amines) is 1. The number of nitrogens with one attached hydrogen (secondary N) is 2. The monoisotopic (exact) mass is 391 g/mol. The van der Waals surface area contributed by atoms with Gasteiger partial charge in [0.1, 0.15) is 5.82 Å². The van der Waals surface area contributed by atoms with Crippen molar-refractivity contribution in [1.29, 1.82) is 0 Å². The summed E-state index contributed by atoms with van der Waals surface area (Å²) in [6.45, 7) is 11.7. The fraction of sp³-hybridized carbons (Fsp3) is 0.591. The van der Waals surface area contributed by atoms with E-state index < -0.39 is 0 Å². The number of hydrogen-bond donors (Lipinski definition) is 2. The highest BCUT2D eigenvalue weighted by Gasteiger charge is 2.44. The molecule has 4 rings (SSSR count). The van der Waals surface area contributed by atoms with Gasteiger partial charge in [-0.2, -0.15) is 0 Å². The molecule has 0 radical (unpaired) electrons. The maximum atomic E-state index is 13.3. The minimum Gasteiger partial charge on any atom is -0.379 e. The fourth-order valence-corrected chi connectivity index (χ4v) is 3.82. The van der Waals surface area contributed by atoms with E-state index in [0.29, 0.717) is 6.04 Å². The normalized spacial score (nSPS) is 23.5. The van der Waals surface area contributed by atoms with E-state index in [0.717, 1.165) is 36.8 Å². The van der Waals surface area contributed by atoms with Crippen LogP contribution in [0.1, 0.15) is 52.5 Å². The lowest BCUT2D eigenvalue weighted by Crippen LogP contribution is -2.36. The van der Waals surface area contributed by atoms with E-state index in [4.69, 9.17) is 4.74 Å². The number of ether oxygens (including phenoxy) is 1. The molecular weight excluding hydrogens is 357 g/mol. The van der Waals surface area contributed by atoms with Crippen molar-refractivity contribution in [3.8, 4) is 0 Å². The number of amides is 1. The molecule has 156 valence electrons. The molecule has 3 atom stereocenters. The first-order valence-corrected chi connectivity index (χ1v) is 10.1. The second-order valence-electron chi connectivity index (χ2n) is 7.99. The summed E-state index contributed by atoms with van der Waals surface area (Å²) in [5.41, 5.74) is 2.04. The third kappa shape index (κ3) is 4.92. The summed E-state index contributed by atoms with van der Waals surface area (Å²) < 4.78 is 18.2. The summed E-state index contributed by atoms with van der Waals surface area (Å²) >= 11 is 0. The molecule has 3 heterocycles. The van der Waals surface area contributed by atoms with Gasteiger partial charge in [0.05, 0.1) is 11.6 Å². The van der Waals surface area contributed by atoms with Crippen LogP contribution < -0.4 is 5.32 Å². The highest BCUT2D eigenvalue weighted by Crippen LogP contribution is 2.38. The predicted molar refractivity (Wildman–Crippen MR) is 112 cm³/mol. The first-order valence-electron chi connectivity index (χ1n) is 10.1. The summed E-state index contributed by atoms with van der Waals surface area (Å²) in [7, 11) is 1.71. The number of halogens is 1. The van der Waals surface area contributed by atoms with E-state index in [2.05, 4.69) is 10.3 Å². The van der Waals surface area contributed by atoms with Crippen LogP contribution in [0.25, 0.3) is 10.9 Å². The molecule has 2 aliphatic heterocycles. The summed E-state index contributed by atoms with van der Waals surface area (Å²) in [4.78, 5) is 16.3. The Bertz CT molecular complexity index is 769. The van der Waals surface area contributed by atoms with E-state index in [1.165, 1.54) is 17.7 Å². The van der Waals surface area contributed by atoms with E-state index in [1.807, 2.05) is 51.8 Å². The zero-order valence-corrected chi connectivity index (χ0v) is 17.9. The van der Waals surface area contributed by atoms with Crippen LogP contribution in [0, 0.1) is 5.82 Å². The number of nitrogens with zero attached hydrogens (tertiary/aromatic N) is 1. The topological polar surface area (TPSA) is 57.4 Å². The van der Waals surface area contributed by atoms with Crippen molar-refractivity contribution in [2.45, 2.75) is 64.6 Å². The molecule has 0 aliphatic carbocycles. The third-order valence-corrected chi connectivity index (χ3v) is 5.33.